The molecule has 0 bridgehead atoms. The molecular weight excluding hydrogens is 244 g/mol. The molecule has 0 amide bonds. The highest BCUT2D eigenvalue weighted by molar-refractivity contribution is 5.72. The molecule has 0 spiro atoms. The van der Waals surface area contributed by atoms with Crippen molar-refractivity contribution in [3.63, 3.8) is 0 Å². The van der Waals surface area contributed by atoms with Crippen molar-refractivity contribution in [2.45, 2.75) is 39.2 Å². The van der Waals surface area contributed by atoms with Crippen LogP contribution >= 0.6 is 0 Å². The Labute approximate surface area is 116 Å². The molecule has 0 aromatic rings. The van der Waals surface area contributed by atoms with Gasteiger partial charge in [-0.05, 0) is 39.7 Å². The van der Waals surface area contributed by atoms with E-state index in [9.17, 15) is 4.79 Å². The molecule has 19 heavy (non-hydrogen) atoms. The van der Waals surface area contributed by atoms with Crippen LogP contribution in [-0.4, -0.2) is 56.4 Å². The van der Waals surface area contributed by atoms with Gasteiger partial charge in [0.15, 0.2) is 0 Å². The molecule has 0 saturated carbocycles. The number of carbonyl (C=O) groups is 1. The Balaban J connectivity index is 2.32. The molecule has 2 atom stereocenters. The lowest BCUT2D eigenvalue weighted by Crippen LogP contribution is -2.41. The molecule has 1 aliphatic heterocycles. The monoisotopic (exact) mass is 272 g/mol. The molecule has 1 fully saturated rings. The summed E-state index contributed by atoms with van der Waals surface area (Å²) < 4.78 is 10.7. The van der Waals surface area contributed by atoms with Crippen molar-refractivity contribution in [3.05, 3.63) is 0 Å². The Kier molecular flexibility index (Phi) is 8.02. The van der Waals surface area contributed by atoms with Crippen molar-refractivity contribution < 1.29 is 14.3 Å². The highest BCUT2D eigenvalue weighted by Gasteiger charge is 2.26. The molecule has 1 heterocycles. The molecule has 0 aromatic heterocycles. The second-order valence-electron chi connectivity index (χ2n) is 4.99. The SMILES string of the molecule is CCOC(=O)C1CCCN(CCC(CN)OCC)C1. The van der Waals surface area contributed by atoms with E-state index in [4.69, 9.17) is 15.2 Å². The number of piperidine rings is 1. The molecule has 1 rings (SSSR count). The minimum atomic E-state index is -0.0487. The minimum Gasteiger partial charge on any atom is -0.466 e. The van der Waals surface area contributed by atoms with Crippen LogP contribution in [0.15, 0.2) is 0 Å². The molecule has 0 aromatic carbocycles. The van der Waals surface area contributed by atoms with Gasteiger partial charge in [-0.1, -0.05) is 0 Å². The van der Waals surface area contributed by atoms with Crippen LogP contribution in [0.3, 0.4) is 0 Å². The van der Waals surface area contributed by atoms with Crippen molar-refractivity contribution in [1.29, 1.82) is 0 Å². The predicted molar refractivity (Wildman–Crippen MR) is 74.9 cm³/mol. The van der Waals surface area contributed by atoms with E-state index in [1.54, 1.807) is 0 Å². The Morgan fingerprint density at radius 3 is 2.84 bits per heavy atom. The summed E-state index contributed by atoms with van der Waals surface area (Å²) in [5, 5.41) is 0. The summed E-state index contributed by atoms with van der Waals surface area (Å²) in [5.41, 5.74) is 5.67. The smallest absolute Gasteiger partial charge is 0.310 e. The number of carbonyl (C=O) groups excluding carboxylic acids is 1. The number of hydrogen-bond donors (Lipinski definition) is 1. The molecule has 0 radical (unpaired) electrons. The maximum Gasteiger partial charge on any atom is 0.310 e. The number of hydrogen-bond acceptors (Lipinski definition) is 5. The lowest BCUT2D eigenvalue weighted by atomic mass is 9.98. The van der Waals surface area contributed by atoms with E-state index in [1.165, 1.54) is 0 Å². The number of likely N-dealkylation sites (tertiary alicyclic amines) is 1. The van der Waals surface area contributed by atoms with Gasteiger partial charge < -0.3 is 20.1 Å². The Hall–Kier alpha value is -0.650. The van der Waals surface area contributed by atoms with Crippen molar-refractivity contribution in [1.82, 2.24) is 4.90 Å². The second kappa shape index (κ2) is 9.28. The van der Waals surface area contributed by atoms with E-state index in [-0.39, 0.29) is 18.0 Å². The highest BCUT2D eigenvalue weighted by atomic mass is 16.5. The summed E-state index contributed by atoms with van der Waals surface area (Å²) in [4.78, 5) is 14.1. The fourth-order valence-electron chi connectivity index (χ4n) is 2.54. The van der Waals surface area contributed by atoms with Gasteiger partial charge in [-0.25, -0.2) is 0 Å². The topological polar surface area (TPSA) is 64.8 Å². The molecule has 5 heteroatoms. The average Bonchev–Trinajstić information content (AvgIpc) is 2.44. The van der Waals surface area contributed by atoms with Gasteiger partial charge in [0.05, 0.1) is 18.6 Å². The summed E-state index contributed by atoms with van der Waals surface area (Å²) in [6, 6.07) is 0. The van der Waals surface area contributed by atoms with E-state index in [0.717, 1.165) is 38.9 Å². The van der Waals surface area contributed by atoms with E-state index < -0.39 is 0 Å². The fourth-order valence-corrected chi connectivity index (χ4v) is 2.54. The van der Waals surface area contributed by atoms with Crippen LogP contribution in [0.5, 0.6) is 0 Å². The number of nitrogens with zero attached hydrogens (tertiary/aromatic N) is 1. The maximum atomic E-state index is 11.7. The van der Waals surface area contributed by atoms with Crippen molar-refractivity contribution in [3.8, 4) is 0 Å². The van der Waals surface area contributed by atoms with E-state index in [2.05, 4.69) is 4.90 Å². The first-order chi connectivity index (χ1) is 9.21. The zero-order valence-electron chi connectivity index (χ0n) is 12.3. The normalized spacial score (nSPS) is 22.2. The van der Waals surface area contributed by atoms with Gasteiger partial charge in [-0.2, -0.15) is 0 Å². The van der Waals surface area contributed by atoms with Gasteiger partial charge in [-0.3, -0.25) is 4.79 Å². The molecule has 1 saturated heterocycles. The van der Waals surface area contributed by atoms with Crippen LogP contribution in [0.4, 0.5) is 0 Å². The molecule has 112 valence electrons. The van der Waals surface area contributed by atoms with Crippen molar-refractivity contribution in [2.75, 3.05) is 39.4 Å². The van der Waals surface area contributed by atoms with E-state index >= 15 is 0 Å². The van der Waals surface area contributed by atoms with E-state index in [0.29, 0.717) is 19.8 Å². The predicted octanol–water partition coefficient (Wildman–Crippen LogP) is 1.02. The van der Waals surface area contributed by atoms with Gasteiger partial charge in [0.2, 0.25) is 0 Å². The number of nitrogens with two attached hydrogens (primary N) is 1. The van der Waals surface area contributed by atoms with Crippen molar-refractivity contribution >= 4 is 5.97 Å². The lowest BCUT2D eigenvalue weighted by molar-refractivity contribution is -0.149. The van der Waals surface area contributed by atoms with Gasteiger partial charge in [0.1, 0.15) is 0 Å². The number of esters is 1. The molecule has 0 aliphatic carbocycles. The molecule has 1 aliphatic rings. The molecule has 5 nitrogen and oxygen atoms in total. The third-order valence-corrected chi connectivity index (χ3v) is 3.56. The van der Waals surface area contributed by atoms with E-state index in [1.807, 2.05) is 13.8 Å². The Bertz CT molecular complexity index is 261. The minimum absolute atomic E-state index is 0.0390. The summed E-state index contributed by atoms with van der Waals surface area (Å²) in [6.07, 6.45) is 3.07. The highest BCUT2D eigenvalue weighted by Crippen LogP contribution is 2.18. The first kappa shape index (κ1) is 16.4. The standard InChI is InChI=1S/C14H28N2O3/c1-3-18-13(10-15)7-9-16-8-5-6-12(11-16)14(17)19-4-2/h12-13H,3-11,15H2,1-2H3. The zero-order chi connectivity index (χ0) is 14.1. The van der Waals surface area contributed by atoms with Gasteiger partial charge in [0, 0.05) is 26.2 Å². The van der Waals surface area contributed by atoms with Crippen LogP contribution in [0, 0.1) is 5.92 Å². The molecule has 2 N–H and O–H groups in total. The zero-order valence-corrected chi connectivity index (χ0v) is 12.3. The van der Waals surface area contributed by atoms with Crippen LogP contribution in [0.25, 0.3) is 0 Å². The summed E-state index contributed by atoms with van der Waals surface area (Å²) >= 11 is 0. The van der Waals surface area contributed by atoms with Gasteiger partial charge in [-0.15, -0.1) is 0 Å². The lowest BCUT2D eigenvalue weighted by Gasteiger charge is -2.32. The van der Waals surface area contributed by atoms with Crippen LogP contribution in [0.2, 0.25) is 0 Å². The second-order valence-corrected chi connectivity index (χ2v) is 4.99. The Morgan fingerprint density at radius 1 is 1.42 bits per heavy atom. The summed E-state index contributed by atoms with van der Waals surface area (Å²) in [6.45, 7) is 8.37. The largest absolute Gasteiger partial charge is 0.466 e. The quantitative estimate of drug-likeness (QED) is 0.668. The summed E-state index contributed by atoms with van der Waals surface area (Å²) in [5.74, 6) is -0.00972. The van der Waals surface area contributed by atoms with Crippen LogP contribution < -0.4 is 5.73 Å². The Morgan fingerprint density at radius 2 is 2.21 bits per heavy atom. The average molecular weight is 272 g/mol. The van der Waals surface area contributed by atoms with Crippen LogP contribution in [-0.2, 0) is 14.3 Å². The molecular formula is C14H28N2O3. The van der Waals surface area contributed by atoms with Gasteiger partial charge >= 0.3 is 5.97 Å². The number of ether oxygens (including phenoxy) is 2. The number of rotatable bonds is 8. The first-order valence-corrected chi connectivity index (χ1v) is 7.41. The summed E-state index contributed by atoms with van der Waals surface area (Å²) in [7, 11) is 0. The first-order valence-electron chi connectivity index (χ1n) is 7.41. The molecule has 2 unspecified atom stereocenters. The fraction of sp³-hybridized carbons (Fsp3) is 0.929. The van der Waals surface area contributed by atoms with Crippen LogP contribution in [0.1, 0.15) is 33.1 Å². The maximum absolute atomic E-state index is 11.7. The van der Waals surface area contributed by atoms with Gasteiger partial charge in [0.25, 0.3) is 0 Å². The van der Waals surface area contributed by atoms with Crippen molar-refractivity contribution in [2.24, 2.45) is 11.7 Å². The third-order valence-electron chi connectivity index (χ3n) is 3.56. The third kappa shape index (κ3) is 5.89.